The maximum absolute atomic E-state index is 13.6. The van der Waals surface area contributed by atoms with Crippen LogP contribution in [0.5, 0.6) is 5.75 Å². The van der Waals surface area contributed by atoms with Gasteiger partial charge in [-0.15, -0.1) is 0 Å². The van der Waals surface area contributed by atoms with E-state index in [-0.39, 0.29) is 43.6 Å². The SMILES string of the molecule is COc1ccc2c(c1)C13C[C@@H]1CN(C(=O)c1cc4cc(NC(C)=O)ccc4[se]1)C3CC2=O. The Hall–Kier alpha value is -2.89. The number of fused-ring (bicyclic) bond motifs is 2. The Balaban J connectivity index is 1.34. The predicted octanol–water partition coefficient (Wildman–Crippen LogP) is 3.23. The summed E-state index contributed by atoms with van der Waals surface area (Å²) in [6.07, 6.45) is 1.42. The number of ether oxygens (including phenoxy) is 1. The number of piperidine rings is 1. The van der Waals surface area contributed by atoms with E-state index in [9.17, 15) is 14.4 Å². The van der Waals surface area contributed by atoms with Crippen LogP contribution in [0.4, 0.5) is 5.69 Å². The fourth-order valence-corrected chi connectivity index (χ4v) is 7.89. The van der Waals surface area contributed by atoms with Gasteiger partial charge >= 0.3 is 191 Å². The fourth-order valence-electron chi connectivity index (χ4n) is 5.79. The molecule has 1 saturated carbocycles. The molecule has 2 heterocycles. The normalized spacial score (nSPS) is 25.2. The van der Waals surface area contributed by atoms with Gasteiger partial charge in [-0.25, -0.2) is 0 Å². The molecule has 1 saturated heterocycles. The van der Waals surface area contributed by atoms with Crippen molar-refractivity contribution in [3.63, 3.8) is 0 Å². The van der Waals surface area contributed by atoms with Crippen molar-refractivity contribution in [3.8, 4) is 5.75 Å². The van der Waals surface area contributed by atoms with Gasteiger partial charge in [0.15, 0.2) is 0 Å². The minimum absolute atomic E-state index is 0.0537. The molecule has 6 nitrogen and oxygen atoms in total. The Morgan fingerprint density at radius 2 is 2.03 bits per heavy atom. The fraction of sp³-hybridized carbons (Fsp3) is 0.320. The van der Waals surface area contributed by atoms with Gasteiger partial charge < -0.3 is 0 Å². The molecule has 3 atom stereocenters. The number of carbonyl (C=O) groups excluding carboxylic acids is 3. The Morgan fingerprint density at radius 3 is 2.81 bits per heavy atom. The van der Waals surface area contributed by atoms with Crippen molar-refractivity contribution in [2.45, 2.75) is 31.2 Å². The molecule has 1 N–H and O–H groups in total. The summed E-state index contributed by atoms with van der Waals surface area (Å²) < 4.78 is 7.38. The minimum atomic E-state index is -0.116. The van der Waals surface area contributed by atoms with Crippen molar-refractivity contribution in [1.82, 2.24) is 4.90 Å². The molecule has 3 aromatic rings. The average molecular weight is 493 g/mol. The average Bonchev–Trinajstić information content (AvgIpc) is 3.17. The molecule has 6 rings (SSSR count). The van der Waals surface area contributed by atoms with Gasteiger partial charge in [-0.3, -0.25) is 0 Å². The number of hydrogen-bond acceptors (Lipinski definition) is 4. The summed E-state index contributed by atoms with van der Waals surface area (Å²) in [6, 6.07) is 13.4. The summed E-state index contributed by atoms with van der Waals surface area (Å²) in [5, 5.41) is 3.79. The second-order valence-electron chi connectivity index (χ2n) is 9.00. The Bertz CT molecular complexity index is 1330. The molecule has 2 amide bonds. The summed E-state index contributed by atoms with van der Waals surface area (Å²) in [5.74, 6) is 1.21. The van der Waals surface area contributed by atoms with Crippen LogP contribution in [0, 0.1) is 5.92 Å². The molecule has 0 radical (unpaired) electrons. The Labute approximate surface area is 191 Å². The summed E-state index contributed by atoms with van der Waals surface area (Å²) in [6.45, 7) is 2.18. The van der Waals surface area contributed by atoms with Crippen molar-refractivity contribution in [2.24, 2.45) is 5.92 Å². The van der Waals surface area contributed by atoms with Crippen LogP contribution in [0.1, 0.15) is 44.9 Å². The van der Waals surface area contributed by atoms with E-state index < -0.39 is 0 Å². The van der Waals surface area contributed by atoms with Crippen molar-refractivity contribution in [3.05, 3.63) is 58.0 Å². The van der Waals surface area contributed by atoms with E-state index in [1.54, 1.807) is 7.11 Å². The molecular weight excluding hydrogens is 471 g/mol. The van der Waals surface area contributed by atoms with Crippen LogP contribution in [-0.2, 0) is 10.2 Å². The number of nitrogens with zero attached hydrogens (tertiary/aromatic N) is 1. The topological polar surface area (TPSA) is 75.7 Å². The zero-order valence-corrected chi connectivity index (χ0v) is 19.5. The van der Waals surface area contributed by atoms with Crippen LogP contribution in [0.3, 0.4) is 0 Å². The first-order chi connectivity index (χ1) is 15.4. The van der Waals surface area contributed by atoms with Gasteiger partial charge in [-0.1, -0.05) is 0 Å². The molecule has 32 heavy (non-hydrogen) atoms. The molecule has 2 unspecified atom stereocenters. The first-order valence-corrected chi connectivity index (χ1v) is 12.5. The summed E-state index contributed by atoms with van der Waals surface area (Å²) >= 11 is -0.0824. The van der Waals surface area contributed by atoms with Crippen LogP contribution < -0.4 is 10.1 Å². The number of Topliss-reactive ketones (excluding diaryl/α,β-unsaturated/α-hetero) is 1. The first-order valence-electron chi connectivity index (χ1n) is 10.7. The molecule has 162 valence electrons. The second-order valence-corrected chi connectivity index (χ2v) is 11.3. The van der Waals surface area contributed by atoms with E-state index in [1.807, 2.05) is 47.4 Å². The third-order valence-corrected chi connectivity index (χ3v) is 9.57. The van der Waals surface area contributed by atoms with E-state index in [4.69, 9.17) is 4.74 Å². The molecule has 2 aliphatic carbocycles. The maximum atomic E-state index is 13.6. The van der Waals surface area contributed by atoms with Crippen molar-refractivity contribution >= 4 is 47.4 Å². The van der Waals surface area contributed by atoms with Gasteiger partial charge in [0.25, 0.3) is 0 Å². The summed E-state index contributed by atoms with van der Waals surface area (Å²) in [5.41, 5.74) is 2.49. The summed E-state index contributed by atoms with van der Waals surface area (Å²) in [7, 11) is 1.64. The number of hydrogen-bond donors (Lipinski definition) is 1. The molecule has 2 fully saturated rings. The Morgan fingerprint density at radius 1 is 1.19 bits per heavy atom. The Kier molecular flexibility index (Phi) is 4.20. The molecule has 1 aromatic heterocycles. The molecule has 1 spiro atoms. The third kappa shape index (κ3) is 2.74. The van der Waals surface area contributed by atoms with Crippen LogP contribution >= 0.6 is 0 Å². The van der Waals surface area contributed by atoms with E-state index in [0.717, 1.165) is 43.1 Å². The number of ketones is 1. The van der Waals surface area contributed by atoms with E-state index in [1.165, 1.54) is 6.92 Å². The zero-order chi connectivity index (χ0) is 22.2. The number of amides is 2. The molecule has 7 heteroatoms. The van der Waals surface area contributed by atoms with Gasteiger partial charge in [0, 0.05) is 0 Å². The monoisotopic (exact) mass is 494 g/mol. The van der Waals surface area contributed by atoms with E-state index in [2.05, 4.69) is 5.32 Å². The van der Waals surface area contributed by atoms with Crippen molar-refractivity contribution < 1.29 is 19.1 Å². The quantitative estimate of drug-likeness (QED) is 0.569. The first kappa shape index (κ1) is 19.8. The van der Waals surface area contributed by atoms with Gasteiger partial charge in [0.05, 0.1) is 0 Å². The number of benzene rings is 2. The van der Waals surface area contributed by atoms with Gasteiger partial charge in [0.2, 0.25) is 0 Å². The van der Waals surface area contributed by atoms with Crippen molar-refractivity contribution in [1.29, 1.82) is 0 Å². The van der Waals surface area contributed by atoms with Crippen LogP contribution in [0.25, 0.3) is 9.65 Å². The number of anilines is 1. The number of methoxy groups -OCH3 is 1. The number of carbonyl (C=O) groups is 3. The standard InChI is InChI=1S/C25H22N2O4Se/c1-13(28)26-16-3-6-21-14(7-16)8-22(32-21)24(30)27-12-15-11-25(15)19-9-17(31-2)4-5-18(19)20(29)10-23(25)27/h3-9,15,23H,10-12H2,1-2H3,(H,26,28)/t15-,23?,25?/m1/s1. The number of rotatable bonds is 3. The zero-order valence-electron chi connectivity index (χ0n) is 17.8. The third-order valence-electron chi connectivity index (χ3n) is 7.26. The molecule has 1 aliphatic heterocycles. The van der Waals surface area contributed by atoms with Gasteiger partial charge in [-0.2, -0.15) is 0 Å². The molecule has 3 aliphatic rings. The van der Waals surface area contributed by atoms with Crippen LogP contribution in [0.15, 0.2) is 42.5 Å². The molecular formula is C25H22N2O4Se. The molecule has 0 bridgehead atoms. The number of likely N-dealkylation sites (tertiary alicyclic amines) is 1. The van der Waals surface area contributed by atoms with E-state index in [0.29, 0.717) is 18.9 Å². The van der Waals surface area contributed by atoms with Gasteiger partial charge in [-0.05, 0) is 0 Å². The second kappa shape index (κ2) is 6.80. The predicted molar refractivity (Wildman–Crippen MR) is 122 cm³/mol. The van der Waals surface area contributed by atoms with Crippen LogP contribution in [0.2, 0.25) is 0 Å². The summed E-state index contributed by atoms with van der Waals surface area (Å²) in [4.78, 5) is 39.9. The number of nitrogens with one attached hydrogen (secondary N) is 1. The van der Waals surface area contributed by atoms with Gasteiger partial charge in [0.1, 0.15) is 0 Å². The van der Waals surface area contributed by atoms with Crippen molar-refractivity contribution in [2.75, 3.05) is 19.0 Å². The van der Waals surface area contributed by atoms with E-state index >= 15 is 0 Å². The van der Waals surface area contributed by atoms with Crippen LogP contribution in [-0.4, -0.2) is 56.7 Å². The molecule has 2 aromatic carbocycles.